The van der Waals surface area contributed by atoms with Crippen molar-refractivity contribution in [1.29, 1.82) is 0 Å². The molecule has 1 aliphatic heterocycles. The molecule has 0 radical (unpaired) electrons. The predicted molar refractivity (Wildman–Crippen MR) is 81.3 cm³/mol. The van der Waals surface area contributed by atoms with Gasteiger partial charge in [0.1, 0.15) is 0 Å². The number of esters is 1. The van der Waals surface area contributed by atoms with Gasteiger partial charge in [-0.2, -0.15) is 0 Å². The number of methoxy groups -OCH3 is 1. The molecule has 1 heterocycles. The molecule has 1 fully saturated rings. The molecule has 6 nitrogen and oxygen atoms in total. The first-order chi connectivity index (χ1) is 10.5. The fourth-order valence-electron chi connectivity index (χ4n) is 2.41. The second-order valence-corrected chi connectivity index (χ2v) is 5.58. The maximum Gasteiger partial charge on any atom is 0.337 e. The SMILES string of the molecule is COC(=O)c1ccc([C@H](C)NC(=O)C2(N)CCOCC2)cc1. The summed E-state index contributed by atoms with van der Waals surface area (Å²) in [5.74, 6) is -0.549. The van der Waals surface area contributed by atoms with Gasteiger partial charge in [0.05, 0.1) is 24.3 Å². The van der Waals surface area contributed by atoms with Crippen LogP contribution in [-0.2, 0) is 14.3 Å². The van der Waals surface area contributed by atoms with Crippen molar-refractivity contribution in [2.75, 3.05) is 20.3 Å². The number of hydrogen-bond acceptors (Lipinski definition) is 5. The summed E-state index contributed by atoms with van der Waals surface area (Å²) in [6.07, 6.45) is 1.04. The normalized spacial score (nSPS) is 18.3. The summed E-state index contributed by atoms with van der Waals surface area (Å²) in [6.45, 7) is 2.89. The Bertz CT molecular complexity index is 536. The number of nitrogens with one attached hydrogen (secondary N) is 1. The lowest BCUT2D eigenvalue weighted by Crippen LogP contribution is -2.57. The van der Waals surface area contributed by atoms with Crippen LogP contribution in [0.5, 0.6) is 0 Å². The van der Waals surface area contributed by atoms with Crippen molar-refractivity contribution in [3.63, 3.8) is 0 Å². The van der Waals surface area contributed by atoms with E-state index in [1.54, 1.807) is 24.3 Å². The molecular formula is C16H22N2O4. The summed E-state index contributed by atoms with van der Waals surface area (Å²) in [4.78, 5) is 23.8. The van der Waals surface area contributed by atoms with E-state index in [0.29, 0.717) is 31.6 Å². The molecule has 0 bridgehead atoms. The zero-order valence-corrected chi connectivity index (χ0v) is 12.9. The Kier molecular flexibility index (Phi) is 5.15. The number of carbonyl (C=O) groups is 2. The van der Waals surface area contributed by atoms with Crippen LogP contribution in [0.1, 0.15) is 41.7 Å². The van der Waals surface area contributed by atoms with Crippen LogP contribution in [0, 0.1) is 0 Å². The molecule has 0 aliphatic carbocycles. The topological polar surface area (TPSA) is 90.7 Å². The average Bonchev–Trinajstić information content (AvgIpc) is 2.54. The van der Waals surface area contributed by atoms with Crippen molar-refractivity contribution in [3.8, 4) is 0 Å². The highest BCUT2D eigenvalue weighted by atomic mass is 16.5. The Balaban J connectivity index is 2.00. The Hall–Kier alpha value is -1.92. The van der Waals surface area contributed by atoms with Gasteiger partial charge in [0, 0.05) is 13.2 Å². The van der Waals surface area contributed by atoms with Crippen molar-refractivity contribution in [3.05, 3.63) is 35.4 Å². The van der Waals surface area contributed by atoms with Crippen molar-refractivity contribution in [2.45, 2.75) is 31.3 Å². The Morgan fingerprint density at radius 1 is 1.27 bits per heavy atom. The van der Waals surface area contributed by atoms with E-state index in [1.165, 1.54) is 7.11 Å². The largest absolute Gasteiger partial charge is 0.465 e. The van der Waals surface area contributed by atoms with E-state index in [4.69, 9.17) is 10.5 Å². The molecule has 1 aromatic rings. The summed E-state index contributed by atoms with van der Waals surface area (Å²) < 4.78 is 9.90. The van der Waals surface area contributed by atoms with Crippen LogP contribution in [0.4, 0.5) is 0 Å². The quantitative estimate of drug-likeness (QED) is 0.815. The van der Waals surface area contributed by atoms with Gasteiger partial charge in [0.25, 0.3) is 0 Å². The Morgan fingerprint density at radius 2 is 1.86 bits per heavy atom. The standard InChI is InChI=1S/C16H22N2O4/c1-11(12-3-5-13(6-4-12)14(19)21-2)18-15(20)16(17)7-9-22-10-8-16/h3-6,11H,7-10,17H2,1-2H3,(H,18,20)/t11-/m0/s1. The lowest BCUT2D eigenvalue weighted by molar-refractivity contribution is -0.130. The summed E-state index contributed by atoms with van der Waals surface area (Å²) >= 11 is 0. The van der Waals surface area contributed by atoms with Gasteiger partial charge in [-0.15, -0.1) is 0 Å². The highest BCUT2D eigenvalue weighted by molar-refractivity contribution is 5.89. The minimum atomic E-state index is -0.863. The molecule has 1 amide bonds. The van der Waals surface area contributed by atoms with Crippen LogP contribution in [-0.4, -0.2) is 37.7 Å². The molecule has 0 saturated carbocycles. The third-order valence-corrected chi connectivity index (χ3v) is 4.02. The molecular weight excluding hydrogens is 284 g/mol. The van der Waals surface area contributed by atoms with Gasteiger partial charge in [-0.1, -0.05) is 12.1 Å². The summed E-state index contributed by atoms with van der Waals surface area (Å²) in [7, 11) is 1.34. The number of benzene rings is 1. The Labute approximate surface area is 130 Å². The van der Waals surface area contributed by atoms with Crippen molar-refractivity contribution < 1.29 is 19.1 Å². The molecule has 3 N–H and O–H groups in total. The number of carbonyl (C=O) groups excluding carboxylic acids is 2. The first-order valence-electron chi connectivity index (χ1n) is 7.32. The van der Waals surface area contributed by atoms with Crippen LogP contribution >= 0.6 is 0 Å². The molecule has 1 aliphatic rings. The Morgan fingerprint density at radius 3 is 2.41 bits per heavy atom. The lowest BCUT2D eigenvalue weighted by atomic mass is 9.90. The lowest BCUT2D eigenvalue weighted by Gasteiger charge is -2.33. The zero-order chi connectivity index (χ0) is 16.2. The molecule has 120 valence electrons. The highest BCUT2D eigenvalue weighted by Gasteiger charge is 2.36. The van der Waals surface area contributed by atoms with E-state index in [-0.39, 0.29) is 17.9 Å². The van der Waals surface area contributed by atoms with Gasteiger partial charge in [0.15, 0.2) is 0 Å². The predicted octanol–water partition coefficient (Wildman–Crippen LogP) is 1.16. The summed E-state index contributed by atoms with van der Waals surface area (Å²) in [6, 6.07) is 6.75. The summed E-state index contributed by atoms with van der Waals surface area (Å²) in [5.41, 5.74) is 6.67. The highest BCUT2D eigenvalue weighted by Crippen LogP contribution is 2.20. The zero-order valence-electron chi connectivity index (χ0n) is 12.9. The fourth-order valence-corrected chi connectivity index (χ4v) is 2.41. The maximum atomic E-state index is 12.4. The molecule has 0 spiro atoms. The van der Waals surface area contributed by atoms with Gasteiger partial charge in [-0.25, -0.2) is 4.79 Å². The number of amides is 1. The first-order valence-corrected chi connectivity index (χ1v) is 7.32. The third kappa shape index (κ3) is 3.64. The fraction of sp³-hybridized carbons (Fsp3) is 0.500. The molecule has 0 unspecified atom stereocenters. The molecule has 0 aromatic heterocycles. The average molecular weight is 306 g/mol. The van der Waals surface area contributed by atoms with E-state index in [2.05, 4.69) is 10.1 Å². The smallest absolute Gasteiger partial charge is 0.337 e. The van der Waals surface area contributed by atoms with Gasteiger partial charge >= 0.3 is 5.97 Å². The number of nitrogens with two attached hydrogens (primary N) is 1. The van der Waals surface area contributed by atoms with Crippen LogP contribution in [0.25, 0.3) is 0 Å². The van der Waals surface area contributed by atoms with Crippen molar-refractivity contribution in [1.82, 2.24) is 5.32 Å². The molecule has 1 saturated heterocycles. The van der Waals surface area contributed by atoms with Crippen LogP contribution in [0.15, 0.2) is 24.3 Å². The number of ether oxygens (including phenoxy) is 2. The third-order valence-electron chi connectivity index (χ3n) is 4.02. The van der Waals surface area contributed by atoms with Crippen molar-refractivity contribution >= 4 is 11.9 Å². The van der Waals surface area contributed by atoms with Crippen LogP contribution in [0.3, 0.4) is 0 Å². The van der Waals surface area contributed by atoms with Gasteiger partial charge < -0.3 is 20.5 Å². The summed E-state index contributed by atoms with van der Waals surface area (Å²) in [5, 5.41) is 2.93. The second kappa shape index (κ2) is 6.89. The monoisotopic (exact) mass is 306 g/mol. The number of hydrogen-bond donors (Lipinski definition) is 2. The second-order valence-electron chi connectivity index (χ2n) is 5.58. The maximum absolute atomic E-state index is 12.4. The van der Waals surface area contributed by atoms with E-state index in [9.17, 15) is 9.59 Å². The van der Waals surface area contributed by atoms with E-state index >= 15 is 0 Å². The van der Waals surface area contributed by atoms with Gasteiger partial charge in [0.2, 0.25) is 5.91 Å². The van der Waals surface area contributed by atoms with E-state index < -0.39 is 5.54 Å². The van der Waals surface area contributed by atoms with Crippen LogP contribution < -0.4 is 11.1 Å². The van der Waals surface area contributed by atoms with Gasteiger partial charge in [-0.05, 0) is 37.5 Å². The van der Waals surface area contributed by atoms with Gasteiger partial charge in [-0.3, -0.25) is 4.79 Å². The van der Waals surface area contributed by atoms with E-state index in [0.717, 1.165) is 5.56 Å². The number of rotatable bonds is 4. The molecule has 6 heteroatoms. The minimum Gasteiger partial charge on any atom is -0.465 e. The molecule has 22 heavy (non-hydrogen) atoms. The minimum absolute atomic E-state index is 0.166. The van der Waals surface area contributed by atoms with Crippen molar-refractivity contribution in [2.24, 2.45) is 5.73 Å². The first kappa shape index (κ1) is 16.5. The molecule has 1 atom stereocenters. The van der Waals surface area contributed by atoms with E-state index in [1.807, 2.05) is 6.92 Å². The molecule has 1 aromatic carbocycles. The molecule has 2 rings (SSSR count). The van der Waals surface area contributed by atoms with Crippen LogP contribution in [0.2, 0.25) is 0 Å².